The molecule has 0 spiro atoms. The largest absolute Gasteiger partial charge is 0.457 e. The quantitative estimate of drug-likeness (QED) is 0.386. The highest BCUT2D eigenvalue weighted by atomic mass is 16.5. The molecular weight excluding hydrogens is 362 g/mol. The fraction of sp³-hybridized carbons (Fsp3) is 0.0417. The predicted molar refractivity (Wildman–Crippen MR) is 114 cm³/mol. The first kappa shape index (κ1) is 18.4. The van der Waals surface area contributed by atoms with E-state index in [-0.39, 0.29) is 5.91 Å². The second kappa shape index (κ2) is 8.35. The minimum absolute atomic E-state index is 0.278. The molecule has 142 valence electrons. The maximum Gasteiger partial charge on any atom is 0.272 e. The minimum Gasteiger partial charge on any atom is -0.457 e. The number of benzene rings is 3. The first-order valence-electron chi connectivity index (χ1n) is 9.22. The van der Waals surface area contributed by atoms with Crippen molar-refractivity contribution < 1.29 is 9.53 Å². The van der Waals surface area contributed by atoms with Crippen molar-refractivity contribution in [1.29, 1.82) is 0 Å². The highest BCUT2D eigenvalue weighted by molar-refractivity contribution is 6.06. The second-order valence-corrected chi connectivity index (χ2v) is 6.52. The lowest BCUT2D eigenvalue weighted by molar-refractivity contribution is 0.0956. The van der Waals surface area contributed by atoms with Gasteiger partial charge in [0, 0.05) is 11.1 Å². The number of hydrazone groups is 1. The number of aryl methyl sites for hydroxylation is 1. The number of pyridine rings is 1. The monoisotopic (exact) mass is 381 g/mol. The summed E-state index contributed by atoms with van der Waals surface area (Å²) in [6.45, 7) is 1.87. The van der Waals surface area contributed by atoms with Gasteiger partial charge in [-0.05, 0) is 48.9 Å². The summed E-state index contributed by atoms with van der Waals surface area (Å²) >= 11 is 0. The number of nitrogens with zero attached hydrogens (tertiary/aromatic N) is 2. The number of amides is 1. The van der Waals surface area contributed by atoms with Gasteiger partial charge < -0.3 is 4.74 Å². The van der Waals surface area contributed by atoms with Gasteiger partial charge in [0.15, 0.2) is 0 Å². The molecule has 0 saturated heterocycles. The van der Waals surface area contributed by atoms with Gasteiger partial charge in [0.1, 0.15) is 11.5 Å². The molecule has 1 N–H and O–H groups in total. The van der Waals surface area contributed by atoms with Crippen LogP contribution in [0.15, 0.2) is 90.0 Å². The molecule has 0 radical (unpaired) electrons. The third kappa shape index (κ3) is 4.47. The molecular formula is C24H19N3O2. The molecule has 5 nitrogen and oxygen atoms in total. The first-order chi connectivity index (χ1) is 14.2. The zero-order chi connectivity index (χ0) is 20.1. The number of carbonyl (C=O) groups is 1. The number of rotatable bonds is 5. The summed E-state index contributed by atoms with van der Waals surface area (Å²) in [6, 6.07) is 26.4. The molecule has 4 aromatic rings. The van der Waals surface area contributed by atoms with E-state index in [1.165, 1.54) is 0 Å². The lowest BCUT2D eigenvalue weighted by Crippen LogP contribution is -2.18. The van der Waals surface area contributed by atoms with Gasteiger partial charge in [0.25, 0.3) is 5.91 Å². The van der Waals surface area contributed by atoms with Crippen molar-refractivity contribution in [2.24, 2.45) is 5.10 Å². The molecule has 0 aliphatic rings. The number of para-hydroxylation sites is 2. The number of aromatic nitrogens is 1. The van der Waals surface area contributed by atoms with Gasteiger partial charge in [-0.1, -0.05) is 48.5 Å². The van der Waals surface area contributed by atoms with Crippen LogP contribution in [0.5, 0.6) is 11.5 Å². The molecule has 0 bridgehead atoms. The minimum atomic E-state index is -0.278. The number of hydrogen-bond acceptors (Lipinski definition) is 4. The van der Waals surface area contributed by atoms with E-state index in [0.717, 1.165) is 27.9 Å². The standard InChI is InChI=1S/C24H19N3O2/c1-17-14-22(21-12-5-6-13-23(21)26-17)24(28)27-25-16-18-8-7-11-20(15-18)29-19-9-3-2-4-10-19/h2-16H,1H3,(H,27,28)/b25-16-. The van der Waals surface area contributed by atoms with E-state index in [1.807, 2.05) is 85.8 Å². The first-order valence-corrected chi connectivity index (χ1v) is 9.22. The Labute approximate surface area is 168 Å². The van der Waals surface area contributed by atoms with Gasteiger partial charge in [0.2, 0.25) is 0 Å². The number of hydrogen-bond donors (Lipinski definition) is 1. The van der Waals surface area contributed by atoms with Crippen LogP contribution in [-0.4, -0.2) is 17.1 Å². The van der Waals surface area contributed by atoms with Crippen molar-refractivity contribution in [3.63, 3.8) is 0 Å². The SMILES string of the molecule is Cc1cc(C(=O)N/N=C\c2cccc(Oc3ccccc3)c2)c2ccccc2n1. The fourth-order valence-corrected chi connectivity index (χ4v) is 3.00. The molecule has 3 aromatic carbocycles. The van der Waals surface area contributed by atoms with E-state index in [1.54, 1.807) is 12.3 Å². The molecule has 5 heteroatoms. The highest BCUT2D eigenvalue weighted by Gasteiger charge is 2.11. The number of fused-ring (bicyclic) bond motifs is 1. The molecule has 1 heterocycles. The van der Waals surface area contributed by atoms with Crippen LogP contribution in [0, 0.1) is 6.92 Å². The summed E-state index contributed by atoms with van der Waals surface area (Å²) in [6.07, 6.45) is 1.59. The summed E-state index contributed by atoms with van der Waals surface area (Å²) < 4.78 is 5.82. The molecule has 0 aliphatic heterocycles. The lowest BCUT2D eigenvalue weighted by Gasteiger charge is -2.07. The van der Waals surface area contributed by atoms with Gasteiger partial charge in [-0.3, -0.25) is 9.78 Å². The van der Waals surface area contributed by atoms with Crippen LogP contribution in [0.3, 0.4) is 0 Å². The third-order valence-corrected chi connectivity index (χ3v) is 4.31. The summed E-state index contributed by atoms with van der Waals surface area (Å²) in [4.78, 5) is 17.1. The van der Waals surface area contributed by atoms with Crippen molar-refractivity contribution in [3.05, 3.63) is 102 Å². The molecule has 1 amide bonds. The Morgan fingerprint density at radius 2 is 1.69 bits per heavy atom. The van der Waals surface area contributed by atoms with Crippen LogP contribution >= 0.6 is 0 Å². The van der Waals surface area contributed by atoms with E-state index in [0.29, 0.717) is 11.3 Å². The Balaban J connectivity index is 1.48. The molecule has 4 rings (SSSR count). The molecule has 0 unspecified atom stereocenters. The Morgan fingerprint density at radius 1 is 0.931 bits per heavy atom. The van der Waals surface area contributed by atoms with E-state index in [2.05, 4.69) is 15.5 Å². The predicted octanol–water partition coefficient (Wildman–Crippen LogP) is 5.10. The average molecular weight is 381 g/mol. The summed E-state index contributed by atoms with van der Waals surface area (Å²) in [5.74, 6) is 1.18. The third-order valence-electron chi connectivity index (χ3n) is 4.31. The maximum atomic E-state index is 12.6. The highest BCUT2D eigenvalue weighted by Crippen LogP contribution is 2.21. The number of ether oxygens (including phenoxy) is 1. The maximum absolute atomic E-state index is 12.6. The zero-order valence-electron chi connectivity index (χ0n) is 15.9. The summed E-state index contributed by atoms with van der Waals surface area (Å²) in [5.41, 5.74) is 5.53. The lowest BCUT2D eigenvalue weighted by atomic mass is 10.1. The number of carbonyl (C=O) groups excluding carboxylic acids is 1. The van der Waals surface area contributed by atoms with Gasteiger partial charge in [0.05, 0.1) is 17.3 Å². The van der Waals surface area contributed by atoms with Gasteiger partial charge >= 0.3 is 0 Å². The Morgan fingerprint density at radius 3 is 2.55 bits per heavy atom. The molecule has 1 aromatic heterocycles. The van der Waals surface area contributed by atoms with Crippen molar-refractivity contribution in [3.8, 4) is 11.5 Å². The summed E-state index contributed by atoms with van der Waals surface area (Å²) in [7, 11) is 0. The Bertz CT molecular complexity index is 1190. The van der Waals surface area contributed by atoms with E-state index in [9.17, 15) is 4.79 Å². The fourth-order valence-electron chi connectivity index (χ4n) is 3.00. The van der Waals surface area contributed by atoms with Crippen molar-refractivity contribution in [2.75, 3.05) is 0 Å². The van der Waals surface area contributed by atoms with Gasteiger partial charge in [-0.15, -0.1) is 0 Å². The molecule has 0 saturated carbocycles. The van der Waals surface area contributed by atoms with Crippen LogP contribution in [0.1, 0.15) is 21.6 Å². The normalized spacial score (nSPS) is 10.9. The van der Waals surface area contributed by atoms with Crippen molar-refractivity contribution >= 4 is 23.0 Å². The molecule has 0 fully saturated rings. The molecule has 0 atom stereocenters. The van der Waals surface area contributed by atoms with E-state index >= 15 is 0 Å². The van der Waals surface area contributed by atoms with Crippen molar-refractivity contribution in [1.82, 2.24) is 10.4 Å². The van der Waals surface area contributed by atoms with Crippen LogP contribution in [0.4, 0.5) is 0 Å². The zero-order valence-corrected chi connectivity index (χ0v) is 15.9. The van der Waals surface area contributed by atoms with Crippen LogP contribution in [-0.2, 0) is 0 Å². The smallest absolute Gasteiger partial charge is 0.272 e. The average Bonchev–Trinajstić information content (AvgIpc) is 2.74. The molecule has 29 heavy (non-hydrogen) atoms. The van der Waals surface area contributed by atoms with Crippen molar-refractivity contribution in [2.45, 2.75) is 6.92 Å². The van der Waals surface area contributed by atoms with Gasteiger partial charge in [-0.25, -0.2) is 5.43 Å². The topological polar surface area (TPSA) is 63.6 Å². The van der Waals surface area contributed by atoms with Crippen LogP contribution in [0.2, 0.25) is 0 Å². The van der Waals surface area contributed by atoms with E-state index in [4.69, 9.17) is 4.74 Å². The van der Waals surface area contributed by atoms with Crippen LogP contribution in [0.25, 0.3) is 10.9 Å². The number of nitrogens with one attached hydrogen (secondary N) is 1. The second-order valence-electron chi connectivity index (χ2n) is 6.52. The Hall–Kier alpha value is -3.99. The van der Waals surface area contributed by atoms with Crippen LogP contribution < -0.4 is 10.2 Å². The Kier molecular flexibility index (Phi) is 5.29. The molecule has 0 aliphatic carbocycles. The van der Waals surface area contributed by atoms with Gasteiger partial charge in [-0.2, -0.15) is 5.10 Å². The summed E-state index contributed by atoms with van der Waals surface area (Å²) in [5, 5.41) is 4.90. The van der Waals surface area contributed by atoms with E-state index < -0.39 is 0 Å².